The monoisotopic (exact) mass is 602 g/mol. The Labute approximate surface area is 266 Å². The standard InChI is InChI=1S/C38H46N6O/c45-36(9-4-6-28-10-11-31-13-12-29-7-3-8-30-14-15-35(28)38(31)37(29)30)44-22-20-43(21-23-44)34-24-32-26-40-17-2-1-16-39-18-5-19-41-27-33(25-34)42-32/h3,7-8,10-15,24-25,39-41H,1-2,4-6,9,16-23,26-27H2. The number of nitrogens with one attached hydrogen (secondary N) is 3. The summed E-state index contributed by atoms with van der Waals surface area (Å²) in [7, 11) is 0. The Morgan fingerprint density at radius 1 is 0.689 bits per heavy atom. The highest BCUT2D eigenvalue weighted by Crippen LogP contribution is 2.36. The lowest BCUT2D eigenvalue weighted by Crippen LogP contribution is -2.48. The molecule has 0 spiro atoms. The van der Waals surface area contributed by atoms with Crippen molar-refractivity contribution in [2.45, 2.75) is 51.6 Å². The van der Waals surface area contributed by atoms with Crippen molar-refractivity contribution in [2.75, 3.05) is 57.3 Å². The molecule has 1 amide bonds. The van der Waals surface area contributed by atoms with Crippen LogP contribution in [0.4, 0.5) is 5.69 Å². The first-order valence-corrected chi connectivity index (χ1v) is 17.0. The summed E-state index contributed by atoms with van der Waals surface area (Å²) in [6.45, 7) is 8.98. The van der Waals surface area contributed by atoms with Crippen molar-refractivity contribution in [3.05, 3.63) is 83.7 Å². The second-order valence-electron chi connectivity index (χ2n) is 12.8. The molecule has 1 saturated heterocycles. The minimum Gasteiger partial charge on any atom is -0.368 e. The lowest BCUT2D eigenvalue weighted by Gasteiger charge is -2.36. The second kappa shape index (κ2) is 14.1. The molecule has 0 aliphatic carbocycles. The van der Waals surface area contributed by atoms with Gasteiger partial charge in [-0.1, -0.05) is 54.6 Å². The summed E-state index contributed by atoms with van der Waals surface area (Å²) >= 11 is 0. The van der Waals surface area contributed by atoms with Crippen molar-refractivity contribution in [2.24, 2.45) is 0 Å². The van der Waals surface area contributed by atoms with Crippen LogP contribution in [0.15, 0.2) is 66.7 Å². The smallest absolute Gasteiger partial charge is 0.222 e. The maximum Gasteiger partial charge on any atom is 0.222 e. The molecule has 1 aromatic heterocycles. The molecule has 0 unspecified atom stereocenters. The molecular weight excluding hydrogens is 556 g/mol. The normalized spacial score (nSPS) is 17.5. The third kappa shape index (κ3) is 6.91. The van der Waals surface area contributed by atoms with Gasteiger partial charge in [0.05, 0.1) is 11.4 Å². The van der Waals surface area contributed by atoms with Crippen LogP contribution in [-0.2, 0) is 24.3 Å². The van der Waals surface area contributed by atoms with Crippen LogP contribution in [0, 0.1) is 0 Å². The maximum atomic E-state index is 13.3. The zero-order valence-corrected chi connectivity index (χ0v) is 26.4. The van der Waals surface area contributed by atoms with Crippen LogP contribution in [-0.4, -0.2) is 68.1 Å². The molecule has 5 aromatic rings. The van der Waals surface area contributed by atoms with Crippen molar-refractivity contribution in [1.29, 1.82) is 0 Å². The molecule has 0 radical (unpaired) electrons. The zero-order chi connectivity index (χ0) is 30.4. The molecule has 2 aliphatic rings. The highest BCUT2D eigenvalue weighted by molar-refractivity contribution is 6.23. The third-order valence-corrected chi connectivity index (χ3v) is 9.65. The third-order valence-electron chi connectivity index (χ3n) is 9.65. The van der Waals surface area contributed by atoms with Gasteiger partial charge in [-0.15, -0.1) is 0 Å². The van der Waals surface area contributed by atoms with Crippen LogP contribution < -0.4 is 20.9 Å². The van der Waals surface area contributed by atoms with Crippen molar-refractivity contribution >= 4 is 43.9 Å². The minimum absolute atomic E-state index is 0.281. The zero-order valence-electron chi connectivity index (χ0n) is 26.4. The second-order valence-corrected chi connectivity index (χ2v) is 12.8. The van der Waals surface area contributed by atoms with Crippen molar-refractivity contribution < 1.29 is 4.79 Å². The molecule has 1 fully saturated rings. The van der Waals surface area contributed by atoms with E-state index in [1.165, 1.54) is 56.4 Å². The average molecular weight is 603 g/mol. The van der Waals surface area contributed by atoms with Crippen LogP contribution in [0.25, 0.3) is 32.3 Å². The fraction of sp³-hybridized carbons (Fsp3) is 0.421. The van der Waals surface area contributed by atoms with Gasteiger partial charge in [0.15, 0.2) is 0 Å². The quantitative estimate of drug-likeness (QED) is 0.228. The first kappa shape index (κ1) is 29.9. The van der Waals surface area contributed by atoms with Gasteiger partial charge in [0.25, 0.3) is 0 Å². The van der Waals surface area contributed by atoms with Gasteiger partial charge in [-0.3, -0.25) is 9.78 Å². The molecule has 7 nitrogen and oxygen atoms in total. The van der Waals surface area contributed by atoms with Crippen LogP contribution in [0.1, 0.15) is 49.1 Å². The van der Waals surface area contributed by atoms with Crippen molar-refractivity contribution in [3.63, 3.8) is 0 Å². The number of anilines is 1. The highest BCUT2D eigenvalue weighted by Gasteiger charge is 2.22. The molecule has 0 saturated carbocycles. The van der Waals surface area contributed by atoms with Gasteiger partial charge in [0.1, 0.15) is 0 Å². The van der Waals surface area contributed by atoms with Gasteiger partial charge >= 0.3 is 0 Å². The predicted molar refractivity (Wildman–Crippen MR) is 186 cm³/mol. The fourth-order valence-electron chi connectivity index (χ4n) is 7.21. The molecule has 3 heterocycles. The Bertz CT molecular complexity index is 1700. The largest absolute Gasteiger partial charge is 0.368 e. The van der Waals surface area contributed by atoms with E-state index in [9.17, 15) is 4.79 Å². The number of nitrogens with zero attached hydrogens (tertiary/aromatic N) is 3. The predicted octanol–water partition coefficient (Wildman–Crippen LogP) is 5.60. The number of amides is 1. The summed E-state index contributed by atoms with van der Waals surface area (Å²) < 4.78 is 0. The van der Waals surface area contributed by atoms with E-state index in [4.69, 9.17) is 4.98 Å². The maximum absolute atomic E-state index is 13.3. The van der Waals surface area contributed by atoms with E-state index in [1.54, 1.807) is 0 Å². The van der Waals surface area contributed by atoms with Crippen LogP contribution >= 0.6 is 0 Å². The number of fused-ring (bicyclic) bond motifs is 2. The lowest BCUT2D eigenvalue weighted by molar-refractivity contribution is -0.131. The average Bonchev–Trinajstić information content (AvgIpc) is 3.08. The van der Waals surface area contributed by atoms with Gasteiger partial charge in [0.2, 0.25) is 5.91 Å². The van der Waals surface area contributed by atoms with E-state index in [2.05, 4.69) is 92.5 Å². The Balaban J connectivity index is 0.954. The summed E-state index contributed by atoms with van der Waals surface area (Å²) in [5.41, 5.74) is 4.77. The van der Waals surface area contributed by atoms with Crippen LogP contribution in [0.5, 0.6) is 0 Å². The SMILES string of the molecule is O=C(CCCc1ccc2ccc3cccc4ccc1c2c34)N1CCN(c2cc3nc(c2)CNCCCNCCCCNC3)CC1. The Morgan fingerprint density at radius 2 is 1.31 bits per heavy atom. The van der Waals surface area contributed by atoms with Crippen LogP contribution in [0.2, 0.25) is 0 Å². The number of benzene rings is 4. The van der Waals surface area contributed by atoms with E-state index >= 15 is 0 Å². The Kier molecular flexibility index (Phi) is 9.38. The number of carbonyl (C=O) groups is 1. The molecule has 2 bridgehead atoms. The Morgan fingerprint density at radius 3 is 2.07 bits per heavy atom. The molecule has 45 heavy (non-hydrogen) atoms. The number of aryl methyl sites for hydroxylation is 1. The number of pyridine rings is 1. The lowest BCUT2D eigenvalue weighted by atomic mass is 9.90. The van der Waals surface area contributed by atoms with E-state index in [-0.39, 0.29) is 5.91 Å². The number of hydrogen-bond donors (Lipinski definition) is 3. The molecule has 4 aromatic carbocycles. The van der Waals surface area contributed by atoms with Gasteiger partial charge in [-0.05, 0) is 108 Å². The van der Waals surface area contributed by atoms with Gasteiger partial charge < -0.3 is 25.8 Å². The van der Waals surface area contributed by atoms with E-state index in [1.807, 2.05) is 0 Å². The molecule has 7 rings (SSSR count). The fourth-order valence-corrected chi connectivity index (χ4v) is 7.21. The summed E-state index contributed by atoms with van der Waals surface area (Å²) in [6.07, 6.45) is 5.88. The molecular formula is C38H46N6O. The van der Waals surface area contributed by atoms with E-state index in [0.29, 0.717) is 6.42 Å². The summed E-state index contributed by atoms with van der Waals surface area (Å²) in [5, 5.41) is 18.6. The van der Waals surface area contributed by atoms with Crippen LogP contribution in [0.3, 0.4) is 0 Å². The topological polar surface area (TPSA) is 72.5 Å². The van der Waals surface area contributed by atoms with E-state index < -0.39 is 0 Å². The van der Waals surface area contributed by atoms with Gasteiger partial charge in [-0.25, -0.2) is 0 Å². The Hall–Kier alpha value is -3.78. The van der Waals surface area contributed by atoms with Crippen molar-refractivity contribution in [1.82, 2.24) is 25.8 Å². The number of piperazine rings is 1. The molecule has 7 heteroatoms. The summed E-state index contributed by atoms with van der Waals surface area (Å²) in [5.74, 6) is 0.281. The number of aromatic nitrogens is 1. The molecule has 3 N–H and O–H groups in total. The number of hydrogen-bond acceptors (Lipinski definition) is 6. The first-order chi connectivity index (χ1) is 22.2. The number of rotatable bonds is 5. The van der Waals surface area contributed by atoms with Gasteiger partial charge in [-0.2, -0.15) is 0 Å². The molecule has 2 aliphatic heterocycles. The van der Waals surface area contributed by atoms with E-state index in [0.717, 1.165) is 96.1 Å². The minimum atomic E-state index is 0.281. The summed E-state index contributed by atoms with van der Waals surface area (Å²) in [6, 6.07) is 24.5. The van der Waals surface area contributed by atoms with Crippen molar-refractivity contribution in [3.8, 4) is 0 Å². The number of carbonyl (C=O) groups excluding carboxylic acids is 1. The highest BCUT2D eigenvalue weighted by atomic mass is 16.2. The summed E-state index contributed by atoms with van der Waals surface area (Å²) in [4.78, 5) is 22.8. The van der Waals surface area contributed by atoms with Gasteiger partial charge in [0, 0.05) is 51.4 Å². The molecule has 234 valence electrons. The first-order valence-electron chi connectivity index (χ1n) is 17.0. The molecule has 0 atom stereocenters.